The van der Waals surface area contributed by atoms with Crippen molar-refractivity contribution in [2.75, 3.05) is 0 Å². The average Bonchev–Trinajstić information content (AvgIpc) is 2.36. The zero-order valence-electron chi connectivity index (χ0n) is 8.82. The van der Waals surface area contributed by atoms with Crippen LogP contribution in [0.4, 0.5) is 17.6 Å². The first-order chi connectivity index (χ1) is 8.61. The molecule has 0 nitrogen and oxygen atoms in total. The first-order valence-electron chi connectivity index (χ1n) is 5.07. The lowest BCUT2D eigenvalue weighted by Gasteiger charge is -2.08. The summed E-state index contributed by atoms with van der Waals surface area (Å²) in [5, 5.41) is -1.22. The molecule has 18 heavy (non-hydrogen) atoms. The Morgan fingerprint density at radius 3 is 1.39 bits per heavy atom. The molecule has 0 N–H and O–H groups in total. The molecule has 0 aliphatic carbocycles. The molecule has 0 spiro atoms. The molecule has 3 aromatic carbocycles. The fourth-order valence-electron chi connectivity index (χ4n) is 2.03. The topological polar surface area (TPSA) is 0 Å². The fraction of sp³-hybridized carbons (Fsp3) is 0. The Kier molecular flexibility index (Phi) is 2.26. The van der Waals surface area contributed by atoms with Gasteiger partial charge in [-0.1, -0.05) is 0 Å². The number of benzene rings is 3. The van der Waals surface area contributed by atoms with Crippen LogP contribution < -0.4 is 0 Å². The van der Waals surface area contributed by atoms with Crippen LogP contribution in [0.2, 0.25) is 0 Å². The van der Waals surface area contributed by atoms with Crippen LogP contribution in [0, 0.1) is 35.4 Å². The van der Waals surface area contributed by atoms with Gasteiger partial charge in [-0.2, -0.15) is 0 Å². The minimum atomic E-state index is -1.22. The van der Waals surface area contributed by atoms with Crippen LogP contribution in [0.3, 0.4) is 0 Å². The predicted octanol–water partition coefficient (Wildman–Crippen LogP) is 4.15. The number of rotatable bonds is 0. The van der Waals surface area contributed by atoms with Crippen molar-refractivity contribution < 1.29 is 17.6 Å². The molecule has 0 aromatic heterocycles. The van der Waals surface area contributed by atoms with Gasteiger partial charge in [0.1, 0.15) is 11.6 Å². The highest BCUT2D eigenvalue weighted by atomic mass is 19.2. The lowest BCUT2D eigenvalue weighted by Crippen LogP contribution is -1.94. The Morgan fingerprint density at radius 2 is 1.00 bits per heavy atom. The molecule has 0 atom stereocenters. The summed E-state index contributed by atoms with van der Waals surface area (Å²) in [6.07, 6.45) is 0. The maximum atomic E-state index is 13.7. The lowest BCUT2D eigenvalue weighted by molar-refractivity contribution is 0.524. The molecule has 0 aliphatic heterocycles. The minimum Gasteiger partial charge on any atom is -0.206 e. The van der Waals surface area contributed by atoms with Gasteiger partial charge in [-0.05, 0) is 36.4 Å². The third-order valence-electron chi connectivity index (χ3n) is 2.81. The Labute approximate surface area is 99.5 Å². The standard InChI is InChI=1S/C14H4F4/c15-9-5-1-3-7-11(9)12-8(14(18)13(7)17)4-2-6-10(12)16/h3-6H. The molecule has 0 fully saturated rings. The third kappa shape index (κ3) is 1.32. The van der Waals surface area contributed by atoms with Crippen molar-refractivity contribution >= 4 is 21.5 Å². The molecular weight excluding hydrogens is 244 g/mol. The van der Waals surface area contributed by atoms with Crippen molar-refractivity contribution in [2.24, 2.45) is 0 Å². The Balaban J connectivity index is 2.75. The molecule has 0 saturated carbocycles. The number of hydrogen-bond donors (Lipinski definition) is 0. The molecule has 3 aromatic rings. The van der Waals surface area contributed by atoms with E-state index in [1.165, 1.54) is 0 Å². The van der Waals surface area contributed by atoms with E-state index >= 15 is 0 Å². The van der Waals surface area contributed by atoms with E-state index in [2.05, 4.69) is 12.1 Å². The SMILES string of the molecule is Fc1c(F)c2c[c]cc(F)c2c2c(F)c[c]cc12. The van der Waals surface area contributed by atoms with E-state index in [0.717, 1.165) is 24.3 Å². The smallest absolute Gasteiger partial charge is 0.167 e. The quantitative estimate of drug-likeness (QED) is 0.414. The maximum absolute atomic E-state index is 13.7. The maximum Gasteiger partial charge on any atom is 0.167 e. The van der Waals surface area contributed by atoms with Crippen molar-refractivity contribution in [1.82, 2.24) is 0 Å². The van der Waals surface area contributed by atoms with Gasteiger partial charge >= 0.3 is 0 Å². The molecule has 88 valence electrons. The monoisotopic (exact) mass is 248 g/mol. The highest BCUT2D eigenvalue weighted by Gasteiger charge is 2.18. The van der Waals surface area contributed by atoms with Crippen LogP contribution in [-0.2, 0) is 0 Å². The van der Waals surface area contributed by atoms with Gasteiger partial charge in [-0.15, -0.1) is 0 Å². The molecule has 0 heterocycles. The van der Waals surface area contributed by atoms with Crippen molar-refractivity contribution in [2.45, 2.75) is 0 Å². The minimum absolute atomic E-state index is 0.283. The summed E-state index contributed by atoms with van der Waals surface area (Å²) in [4.78, 5) is 0. The Bertz CT molecular complexity index is 711. The number of halogens is 4. The van der Waals surface area contributed by atoms with E-state index in [-0.39, 0.29) is 21.5 Å². The highest BCUT2D eigenvalue weighted by molar-refractivity contribution is 6.08. The van der Waals surface area contributed by atoms with Crippen LogP contribution in [-0.4, -0.2) is 0 Å². The van der Waals surface area contributed by atoms with Gasteiger partial charge in [0.25, 0.3) is 0 Å². The van der Waals surface area contributed by atoms with Crippen LogP contribution in [0.5, 0.6) is 0 Å². The number of hydrogen-bond acceptors (Lipinski definition) is 0. The summed E-state index contributed by atoms with van der Waals surface area (Å²) in [7, 11) is 0. The van der Waals surface area contributed by atoms with Crippen molar-refractivity contribution in [3.05, 3.63) is 59.7 Å². The molecule has 0 saturated heterocycles. The van der Waals surface area contributed by atoms with Gasteiger partial charge in [-0.3, -0.25) is 0 Å². The molecule has 4 heteroatoms. The zero-order valence-corrected chi connectivity index (χ0v) is 8.82. The molecule has 0 unspecified atom stereocenters. The van der Waals surface area contributed by atoms with E-state index in [1.807, 2.05) is 0 Å². The largest absolute Gasteiger partial charge is 0.206 e. The normalized spacial score (nSPS) is 11.3. The fourth-order valence-corrected chi connectivity index (χ4v) is 2.03. The molecule has 0 amide bonds. The summed E-state index contributed by atoms with van der Waals surface area (Å²) >= 11 is 0. The molecular formula is C14H4F4. The van der Waals surface area contributed by atoms with E-state index in [9.17, 15) is 17.6 Å². The third-order valence-corrected chi connectivity index (χ3v) is 2.81. The second-order valence-corrected chi connectivity index (χ2v) is 3.81. The molecule has 3 rings (SSSR count). The molecule has 0 aliphatic rings. The Hall–Kier alpha value is -2.10. The van der Waals surface area contributed by atoms with E-state index in [0.29, 0.717) is 0 Å². The predicted molar refractivity (Wildman–Crippen MR) is 59.0 cm³/mol. The summed E-state index contributed by atoms with van der Waals surface area (Å²) in [6.45, 7) is 0. The highest BCUT2D eigenvalue weighted by Crippen LogP contribution is 2.33. The van der Waals surface area contributed by atoms with E-state index in [1.54, 1.807) is 0 Å². The van der Waals surface area contributed by atoms with Gasteiger partial charge in [0.15, 0.2) is 11.6 Å². The van der Waals surface area contributed by atoms with Gasteiger partial charge in [0.2, 0.25) is 0 Å². The number of fused-ring (bicyclic) bond motifs is 3. The summed E-state index contributed by atoms with van der Waals surface area (Å²) in [5.74, 6) is -4.12. The lowest BCUT2D eigenvalue weighted by atomic mass is 10.00. The van der Waals surface area contributed by atoms with Gasteiger partial charge in [-0.25, -0.2) is 17.6 Å². The van der Waals surface area contributed by atoms with Gasteiger partial charge < -0.3 is 0 Å². The first-order valence-corrected chi connectivity index (χ1v) is 5.07. The second kappa shape index (κ2) is 3.70. The van der Waals surface area contributed by atoms with Crippen molar-refractivity contribution in [1.29, 1.82) is 0 Å². The molecule has 2 radical (unpaired) electrons. The molecule has 0 bridgehead atoms. The van der Waals surface area contributed by atoms with Gasteiger partial charge in [0.05, 0.1) is 0 Å². The summed E-state index contributed by atoms with van der Waals surface area (Å²) in [5.41, 5.74) is 0. The first kappa shape index (κ1) is 11.0. The van der Waals surface area contributed by atoms with Crippen molar-refractivity contribution in [3.8, 4) is 0 Å². The summed E-state index contributed by atoms with van der Waals surface area (Å²) < 4.78 is 54.9. The second-order valence-electron chi connectivity index (χ2n) is 3.81. The average molecular weight is 248 g/mol. The van der Waals surface area contributed by atoms with Crippen molar-refractivity contribution in [3.63, 3.8) is 0 Å². The van der Waals surface area contributed by atoms with E-state index in [4.69, 9.17) is 0 Å². The van der Waals surface area contributed by atoms with Crippen LogP contribution in [0.15, 0.2) is 24.3 Å². The van der Waals surface area contributed by atoms with Gasteiger partial charge in [0, 0.05) is 21.5 Å². The van der Waals surface area contributed by atoms with Crippen LogP contribution >= 0.6 is 0 Å². The van der Waals surface area contributed by atoms with Crippen LogP contribution in [0.25, 0.3) is 21.5 Å². The zero-order chi connectivity index (χ0) is 12.9. The summed E-state index contributed by atoms with van der Waals surface area (Å²) in [6, 6.07) is 8.77. The van der Waals surface area contributed by atoms with Crippen LogP contribution in [0.1, 0.15) is 0 Å². The van der Waals surface area contributed by atoms with E-state index < -0.39 is 23.3 Å². The Morgan fingerprint density at radius 1 is 0.611 bits per heavy atom.